The van der Waals surface area contributed by atoms with Crippen molar-refractivity contribution >= 4 is 22.3 Å². The van der Waals surface area contributed by atoms with E-state index in [4.69, 9.17) is 0 Å². The van der Waals surface area contributed by atoms with Gasteiger partial charge in [0.05, 0.1) is 5.52 Å². The Morgan fingerprint density at radius 1 is 0.760 bits per heavy atom. The van der Waals surface area contributed by atoms with Crippen LogP contribution in [0, 0.1) is 0 Å². The van der Waals surface area contributed by atoms with Crippen LogP contribution >= 0.6 is 0 Å². The summed E-state index contributed by atoms with van der Waals surface area (Å²) in [5.41, 5.74) is 4.33. The number of pyridine rings is 1. The molecule has 1 N–H and O–H groups in total. The van der Waals surface area contributed by atoms with Crippen LogP contribution in [-0.4, -0.2) is 4.57 Å². The lowest BCUT2D eigenvalue weighted by molar-refractivity contribution is 0.909. The maximum atomic E-state index is 13.1. The van der Waals surface area contributed by atoms with E-state index in [0.29, 0.717) is 5.69 Å². The molecule has 4 aromatic rings. The summed E-state index contributed by atoms with van der Waals surface area (Å²) in [6.45, 7) is 0. The number of aryl methyl sites for hydroxylation is 1. The smallest absolute Gasteiger partial charge is 0.275 e. The first kappa shape index (κ1) is 15.2. The third-order valence-electron chi connectivity index (χ3n) is 4.41. The minimum Gasteiger partial charge on any atom is -0.350 e. The third kappa shape index (κ3) is 2.70. The van der Waals surface area contributed by atoms with E-state index in [-0.39, 0.29) is 5.56 Å². The molecule has 122 valence electrons. The monoisotopic (exact) mass is 326 g/mol. The predicted octanol–water partition coefficient (Wildman–Crippen LogP) is 4.95. The molecular formula is C22H18N2O. The third-order valence-corrected chi connectivity index (χ3v) is 4.41. The maximum Gasteiger partial charge on any atom is 0.275 e. The van der Waals surface area contributed by atoms with Crippen LogP contribution in [0.3, 0.4) is 0 Å². The van der Waals surface area contributed by atoms with E-state index in [1.807, 2.05) is 85.9 Å². The van der Waals surface area contributed by atoms with Crippen molar-refractivity contribution in [3.8, 4) is 11.1 Å². The van der Waals surface area contributed by atoms with Crippen molar-refractivity contribution in [3.63, 3.8) is 0 Å². The van der Waals surface area contributed by atoms with E-state index in [1.165, 1.54) is 0 Å². The molecule has 0 spiro atoms. The van der Waals surface area contributed by atoms with Gasteiger partial charge in [-0.1, -0.05) is 66.7 Å². The summed E-state index contributed by atoms with van der Waals surface area (Å²) < 4.78 is 1.70. The highest BCUT2D eigenvalue weighted by atomic mass is 16.1. The van der Waals surface area contributed by atoms with E-state index in [0.717, 1.165) is 27.7 Å². The zero-order chi connectivity index (χ0) is 17.2. The zero-order valence-corrected chi connectivity index (χ0v) is 13.9. The van der Waals surface area contributed by atoms with Crippen molar-refractivity contribution in [2.24, 2.45) is 7.05 Å². The highest BCUT2D eigenvalue weighted by Gasteiger charge is 2.16. The topological polar surface area (TPSA) is 34.0 Å². The summed E-state index contributed by atoms with van der Waals surface area (Å²) >= 11 is 0. The fourth-order valence-corrected chi connectivity index (χ4v) is 3.18. The molecule has 0 aliphatic carbocycles. The minimum atomic E-state index is -0.0404. The second-order valence-electron chi connectivity index (χ2n) is 5.99. The maximum absolute atomic E-state index is 13.1. The van der Waals surface area contributed by atoms with Crippen LogP contribution in [0.15, 0.2) is 89.7 Å². The lowest BCUT2D eigenvalue weighted by Gasteiger charge is -2.17. The molecular weight excluding hydrogens is 308 g/mol. The summed E-state index contributed by atoms with van der Waals surface area (Å²) in [5.74, 6) is 0. The Kier molecular flexibility index (Phi) is 3.82. The number of aromatic nitrogens is 1. The van der Waals surface area contributed by atoms with Crippen molar-refractivity contribution in [2.75, 3.05) is 5.32 Å². The molecule has 0 saturated heterocycles. The van der Waals surface area contributed by atoms with Crippen molar-refractivity contribution in [1.29, 1.82) is 0 Å². The van der Waals surface area contributed by atoms with Gasteiger partial charge in [-0.05, 0) is 23.8 Å². The Hall–Kier alpha value is -3.33. The van der Waals surface area contributed by atoms with Gasteiger partial charge in [0.15, 0.2) is 0 Å². The first-order valence-electron chi connectivity index (χ1n) is 8.25. The van der Waals surface area contributed by atoms with Crippen LogP contribution in [0.25, 0.3) is 22.0 Å². The molecule has 1 heterocycles. The first-order valence-corrected chi connectivity index (χ1v) is 8.25. The van der Waals surface area contributed by atoms with Crippen molar-refractivity contribution in [1.82, 2.24) is 4.57 Å². The van der Waals surface area contributed by atoms with Gasteiger partial charge in [0.2, 0.25) is 0 Å². The Bertz CT molecular complexity index is 1080. The molecule has 25 heavy (non-hydrogen) atoms. The molecule has 4 rings (SSSR count). The zero-order valence-electron chi connectivity index (χ0n) is 13.9. The van der Waals surface area contributed by atoms with Crippen molar-refractivity contribution in [3.05, 3.63) is 95.3 Å². The van der Waals surface area contributed by atoms with Gasteiger partial charge >= 0.3 is 0 Å². The van der Waals surface area contributed by atoms with Crippen LogP contribution in [0.4, 0.5) is 11.4 Å². The van der Waals surface area contributed by atoms with Gasteiger partial charge in [-0.3, -0.25) is 4.79 Å². The second-order valence-corrected chi connectivity index (χ2v) is 5.99. The highest BCUT2D eigenvalue weighted by Crippen LogP contribution is 2.34. The Labute approximate surface area is 146 Å². The van der Waals surface area contributed by atoms with E-state index in [1.54, 1.807) is 4.57 Å². The Morgan fingerprint density at radius 2 is 1.36 bits per heavy atom. The quantitative estimate of drug-likeness (QED) is 0.578. The number of benzene rings is 3. The van der Waals surface area contributed by atoms with Crippen LogP contribution in [0.2, 0.25) is 0 Å². The second kappa shape index (κ2) is 6.29. The van der Waals surface area contributed by atoms with E-state index < -0.39 is 0 Å². The Morgan fingerprint density at radius 3 is 2.08 bits per heavy atom. The van der Waals surface area contributed by atoms with E-state index in [9.17, 15) is 4.79 Å². The van der Waals surface area contributed by atoms with E-state index in [2.05, 4.69) is 11.4 Å². The predicted molar refractivity (Wildman–Crippen MR) is 104 cm³/mol. The number of nitrogens with zero attached hydrogens (tertiary/aromatic N) is 1. The fourth-order valence-electron chi connectivity index (χ4n) is 3.18. The molecule has 1 aromatic heterocycles. The van der Waals surface area contributed by atoms with Crippen LogP contribution in [-0.2, 0) is 7.05 Å². The number of anilines is 2. The lowest BCUT2D eigenvalue weighted by Crippen LogP contribution is -2.21. The van der Waals surface area contributed by atoms with Gasteiger partial charge < -0.3 is 9.88 Å². The number of hydrogen-bond acceptors (Lipinski definition) is 2. The van der Waals surface area contributed by atoms with Gasteiger partial charge in [0, 0.05) is 23.7 Å². The highest BCUT2D eigenvalue weighted by molar-refractivity contribution is 6.01. The molecule has 0 atom stereocenters. The van der Waals surface area contributed by atoms with Crippen LogP contribution in [0.5, 0.6) is 0 Å². The molecule has 3 aromatic carbocycles. The summed E-state index contributed by atoms with van der Waals surface area (Å²) in [7, 11) is 1.82. The van der Waals surface area contributed by atoms with Gasteiger partial charge in [-0.15, -0.1) is 0 Å². The molecule has 0 saturated carbocycles. The number of hydrogen-bond donors (Lipinski definition) is 1. The molecule has 0 fully saturated rings. The number of rotatable bonds is 3. The molecule has 0 bridgehead atoms. The van der Waals surface area contributed by atoms with Gasteiger partial charge in [-0.2, -0.15) is 0 Å². The largest absolute Gasteiger partial charge is 0.350 e. The average Bonchev–Trinajstić information content (AvgIpc) is 2.68. The average molecular weight is 326 g/mol. The van der Waals surface area contributed by atoms with Gasteiger partial charge in [0.25, 0.3) is 5.56 Å². The van der Waals surface area contributed by atoms with E-state index >= 15 is 0 Å². The molecule has 3 heteroatoms. The van der Waals surface area contributed by atoms with Crippen LogP contribution in [0.1, 0.15) is 0 Å². The normalized spacial score (nSPS) is 10.8. The summed E-state index contributed by atoms with van der Waals surface area (Å²) in [4.78, 5) is 13.1. The fraction of sp³-hybridized carbons (Fsp3) is 0.0455. The first-order chi connectivity index (χ1) is 12.3. The molecule has 0 radical (unpaired) electrons. The van der Waals surface area contributed by atoms with Crippen molar-refractivity contribution in [2.45, 2.75) is 0 Å². The Balaban J connectivity index is 2.07. The molecule has 3 nitrogen and oxygen atoms in total. The lowest BCUT2D eigenvalue weighted by atomic mass is 9.99. The molecule has 0 aliphatic heterocycles. The minimum absolute atomic E-state index is 0.0404. The number of para-hydroxylation sites is 2. The summed E-state index contributed by atoms with van der Waals surface area (Å²) in [5, 5.41) is 4.39. The SMILES string of the molecule is Cn1c(=O)c(Nc2ccccc2)c(-c2ccccc2)c2ccccc21. The molecule has 0 amide bonds. The number of fused-ring (bicyclic) bond motifs is 1. The molecule has 0 aliphatic rings. The summed E-state index contributed by atoms with van der Waals surface area (Å²) in [6, 6.07) is 27.9. The summed E-state index contributed by atoms with van der Waals surface area (Å²) in [6.07, 6.45) is 0. The molecule has 0 unspecified atom stereocenters. The van der Waals surface area contributed by atoms with Gasteiger partial charge in [-0.25, -0.2) is 0 Å². The standard InChI is InChI=1S/C22H18N2O/c1-24-19-15-9-8-14-18(19)20(16-10-4-2-5-11-16)21(22(24)25)23-17-12-6-3-7-13-17/h2-15,23H,1H3. The number of nitrogens with one attached hydrogen (secondary N) is 1. The van der Waals surface area contributed by atoms with Gasteiger partial charge in [0.1, 0.15) is 5.69 Å². The van der Waals surface area contributed by atoms with Crippen LogP contribution < -0.4 is 10.9 Å². The van der Waals surface area contributed by atoms with Crippen molar-refractivity contribution < 1.29 is 0 Å².